The van der Waals surface area contributed by atoms with Crippen LogP contribution in [0.3, 0.4) is 0 Å². The number of sulfonamides is 1. The number of amides is 1. The van der Waals surface area contributed by atoms with Gasteiger partial charge in [-0.2, -0.15) is 0 Å². The molecule has 1 atom stereocenters. The average molecular weight is 399 g/mol. The fraction of sp³-hybridized carbons (Fsp3) is 0.133. The third-order valence-electron chi connectivity index (χ3n) is 2.93. The van der Waals surface area contributed by atoms with Gasteiger partial charge < -0.3 is 10.1 Å². The van der Waals surface area contributed by atoms with E-state index in [1.54, 1.807) is 37.3 Å². The second-order valence-corrected chi connectivity index (χ2v) is 7.25. The highest BCUT2D eigenvalue weighted by Crippen LogP contribution is 2.18. The predicted octanol–water partition coefficient (Wildman–Crippen LogP) is 2.50. The number of primary sulfonamides is 1. The summed E-state index contributed by atoms with van der Waals surface area (Å²) in [5.74, 6) is 0.147. The van der Waals surface area contributed by atoms with Gasteiger partial charge in [0.15, 0.2) is 6.10 Å². The summed E-state index contributed by atoms with van der Waals surface area (Å²) in [5, 5.41) is 7.65. The molecule has 122 valence electrons. The first-order valence-corrected chi connectivity index (χ1v) is 8.95. The molecular weight excluding hydrogens is 384 g/mol. The van der Waals surface area contributed by atoms with Crippen LogP contribution in [0.25, 0.3) is 0 Å². The molecule has 0 saturated carbocycles. The molecule has 0 aliphatic carbocycles. The minimum absolute atomic E-state index is 0.0724. The maximum Gasteiger partial charge on any atom is 0.265 e. The third-order valence-corrected chi connectivity index (χ3v) is 4.37. The van der Waals surface area contributed by atoms with Gasteiger partial charge in [-0.3, -0.25) is 4.79 Å². The third kappa shape index (κ3) is 5.05. The van der Waals surface area contributed by atoms with Crippen LogP contribution in [0.2, 0.25) is 0 Å². The van der Waals surface area contributed by atoms with Crippen molar-refractivity contribution in [3.8, 4) is 5.75 Å². The Balaban J connectivity index is 2.05. The van der Waals surface area contributed by atoms with Crippen LogP contribution in [-0.2, 0) is 14.8 Å². The largest absolute Gasteiger partial charge is 0.481 e. The van der Waals surface area contributed by atoms with Crippen molar-refractivity contribution < 1.29 is 17.9 Å². The number of carbonyl (C=O) groups excluding carboxylic acids is 1. The Morgan fingerprint density at radius 3 is 2.48 bits per heavy atom. The lowest BCUT2D eigenvalue weighted by Crippen LogP contribution is -2.30. The summed E-state index contributed by atoms with van der Waals surface area (Å²) in [6, 6.07) is 12.8. The first-order chi connectivity index (χ1) is 10.8. The van der Waals surface area contributed by atoms with Gasteiger partial charge in [-0.05, 0) is 49.4 Å². The molecule has 0 aliphatic rings. The SMILES string of the molecule is C[C@@H](Oc1ccc(Br)cc1)C(=O)Nc1cccc(S(N)(=O)=O)c1. The standard InChI is InChI=1S/C15H15BrN2O4S/c1-10(22-13-7-5-11(16)6-8-13)15(19)18-12-3-2-4-14(9-12)23(17,20)21/h2-10H,1H3,(H,18,19)(H2,17,20,21)/t10-/m1/s1. The van der Waals surface area contributed by atoms with Crippen LogP contribution in [0.5, 0.6) is 5.75 Å². The molecule has 0 radical (unpaired) electrons. The Morgan fingerprint density at radius 2 is 1.87 bits per heavy atom. The van der Waals surface area contributed by atoms with Gasteiger partial charge >= 0.3 is 0 Å². The number of carbonyl (C=O) groups is 1. The van der Waals surface area contributed by atoms with Gasteiger partial charge in [0, 0.05) is 10.2 Å². The molecule has 3 N–H and O–H groups in total. The first-order valence-electron chi connectivity index (χ1n) is 6.61. The lowest BCUT2D eigenvalue weighted by molar-refractivity contribution is -0.122. The van der Waals surface area contributed by atoms with Crippen LogP contribution in [-0.4, -0.2) is 20.4 Å². The molecule has 0 aromatic heterocycles. The van der Waals surface area contributed by atoms with E-state index in [-0.39, 0.29) is 4.90 Å². The Kier molecular flexibility index (Phi) is 5.40. The van der Waals surface area contributed by atoms with E-state index in [2.05, 4.69) is 21.2 Å². The monoisotopic (exact) mass is 398 g/mol. The summed E-state index contributed by atoms with van der Waals surface area (Å²) in [7, 11) is -3.82. The van der Waals surface area contributed by atoms with Crippen molar-refractivity contribution in [2.75, 3.05) is 5.32 Å². The molecule has 0 saturated heterocycles. The van der Waals surface area contributed by atoms with Crippen LogP contribution in [0.15, 0.2) is 57.9 Å². The van der Waals surface area contributed by atoms with Gasteiger partial charge in [-0.25, -0.2) is 13.6 Å². The molecule has 0 bridgehead atoms. The van der Waals surface area contributed by atoms with Crippen molar-refractivity contribution in [2.24, 2.45) is 5.14 Å². The molecule has 2 aromatic carbocycles. The Bertz CT molecular complexity index is 806. The second-order valence-electron chi connectivity index (χ2n) is 4.78. The number of halogens is 1. The molecule has 2 aromatic rings. The van der Waals surface area contributed by atoms with E-state index in [0.717, 1.165) is 4.47 Å². The summed E-state index contributed by atoms with van der Waals surface area (Å²) in [6.45, 7) is 1.60. The molecule has 1 amide bonds. The first kappa shape index (κ1) is 17.5. The van der Waals surface area contributed by atoms with E-state index in [0.29, 0.717) is 11.4 Å². The van der Waals surface area contributed by atoms with Crippen LogP contribution in [0.1, 0.15) is 6.92 Å². The van der Waals surface area contributed by atoms with Crippen molar-refractivity contribution in [3.63, 3.8) is 0 Å². The van der Waals surface area contributed by atoms with E-state index in [4.69, 9.17) is 9.88 Å². The molecule has 6 nitrogen and oxygen atoms in total. The Labute approximate surface area is 142 Å². The van der Waals surface area contributed by atoms with E-state index >= 15 is 0 Å². The lowest BCUT2D eigenvalue weighted by Gasteiger charge is -2.15. The van der Waals surface area contributed by atoms with E-state index in [1.165, 1.54) is 18.2 Å². The summed E-state index contributed by atoms with van der Waals surface area (Å²) < 4.78 is 29.0. The lowest BCUT2D eigenvalue weighted by atomic mass is 10.3. The molecule has 0 fully saturated rings. The molecule has 2 rings (SSSR count). The van der Waals surface area contributed by atoms with Crippen molar-refractivity contribution in [1.82, 2.24) is 0 Å². The zero-order chi connectivity index (χ0) is 17.0. The minimum atomic E-state index is -3.82. The molecule has 8 heteroatoms. The zero-order valence-corrected chi connectivity index (χ0v) is 14.6. The highest BCUT2D eigenvalue weighted by molar-refractivity contribution is 9.10. The van der Waals surface area contributed by atoms with Crippen molar-refractivity contribution in [1.29, 1.82) is 0 Å². The van der Waals surface area contributed by atoms with Gasteiger partial charge in [-0.15, -0.1) is 0 Å². The highest BCUT2D eigenvalue weighted by atomic mass is 79.9. The molecule has 0 aliphatic heterocycles. The Morgan fingerprint density at radius 1 is 1.22 bits per heavy atom. The van der Waals surface area contributed by atoms with E-state index < -0.39 is 22.0 Å². The molecular formula is C15H15BrN2O4S. The number of nitrogens with one attached hydrogen (secondary N) is 1. The average Bonchev–Trinajstić information content (AvgIpc) is 2.49. The highest BCUT2D eigenvalue weighted by Gasteiger charge is 2.16. The smallest absolute Gasteiger partial charge is 0.265 e. The summed E-state index contributed by atoms with van der Waals surface area (Å²) in [5.41, 5.74) is 0.327. The molecule has 0 heterocycles. The number of anilines is 1. The fourth-order valence-electron chi connectivity index (χ4n) is 1.77. The van der Waals surface area contributed by atoms with Crippen LogP contribution in [0, 0.1) is 0 Å². The molecule has 0 unspecified atom stereocenters. The van der Waals surface area contributed by atoms with Gasteiger partial charge in [0.05, 0.1) is 4.90 Å². The number of benzene rings is 2. The summed E-state index contributed by atoms with van der Waals surface area (Å²) >= 11 is 3.31. The number of hydrogen-bond donors (Lipinski definition) is 2. The fourth-order valence-corrected chi connectivity index (χ4v) is 2.59. The van der Waals surface area contributed by atoms with Crippen molar-refractivity contribution in [3.05, 3.63) is 53.0 Å². The second kappa shape index (κ2) is 7.12. The number of rotatable bonds is 5. The van der Waals surface area contributed by atoms with Crippen LogP contribution in [0.4, 0.5) is 5.69 Å². The van der Waals surface area contributed by atoms with Gasteiger partial charge in [-0.1, -0.05) is 22.0 Å². The number of nitrogens with two attached hydrogens (primary N) is 1. The quantitative estimate of drug-likeness (QED) is 0.807. The maximum absolute atomic E-state index is 12.1. The minimum Gasteiger partial charge on any atom is -0.481 e. The van der Waals surface area contributed by atoms with Crippen molar-refractivity contribution in [2.45, 2.75) is 17.9 Å². The molecule has 23 heavy (non-hydrogen) atoms. The normalized spacial score (nSPS) is 12.5. The summed E-state index contributed by atoms with van der Waals surface area (Å²) in [4.78, 5) is 12.0. The van der Waals surface area contributed by atoms with E-state index in [9.17, 15) is 13.2 Å². The predicted molar refractivity (Wildman–Crippen MR) is 90.7 cm³/mol. The zero-order valence-electron chi connectivity index (χ0n) is 12.2. The number of ether oxygens (including phenoxy) is 1. The van der Waals surface area contributed by atoms with Crippen LogP contribution >= 0.6 is 15.9 Å². The van der Waals surface area contributed by atoms with Crippen molar-refractivity contribution >= 4 is 37.5 Å². The van der Waals surface area contributed by atoms with Gasteiger partial charge in [0.2, 0.25) is 10.0 Å². The summed E-state index contributed by atoms with van der Waals surface area (Å²) in [6.07, 6.45) is -0.755. The van der Waals surface area contributed by atoms with E-state index in [1.807, 2.05) is 0 Å². The topological polar surface area (TPSA) is 98.5 Å². The van der Waals surface area contributed by atoms with Gasteiger partial charge in [0.25, 0.3) is 5.91 Å². The maximum atomic E-state index is 12.1. The van der Waals surface area contributed by atoms with Crippen LogP contribution < -0.4 is 15.2 Å². The number of hydrogen-bond acceptors (Lipinski definition) is 4. The molecule has 0 spiro atoms. The van der Waals surface area contributed by atoms with Gasteiger partial charge in [0.1, 0.15) is 5.75 Å². The Hall–Kier alpha value is -1.90.